The average molecular weight is 733 g/mol. The lowest BCUT2D eigenvalue weighted by atomic mass is 9.68. The summed E-state index contributed by atoms with van der Waals surface area (Å²) in [6.45, 7) is 14.0. The minimum Gasteiger partial charge on any atom is -0.0622 e. The minimum absolute atomic E-state index is 0.00345. The molecule has 0 unspecified atom stereocenters. The first-order chi connectivity index (χ1) is 27.5. The molecule has 2 aliphatic carbocycles. The van der Waals surface area contributed by atoms with Crippen LogP contribution in [0.5, 0.6) is 0 Å². The van der Waals surface area contributed by atoms with E-state index in [0.717, 1.165) is 0 Å². The smallest absolute Gasteiger partial charge is 0.0622 e. The van der Waals surface area contributed by atoms with E-state index in [2.05, 4.69) is 224 Å². The number of benzene rings is 8. The minimum atomic E-state index is -0.488. The van der Waals surface area contributed by atoms with Crippen molar-refractivity contribution in [2.24, 2.45) is 0 Å². The Labute approximate surface area is 338 Å². The fourth-order valence-electron chi connectivity index (χ4n) is 9.49. The van der Waals surface area contributed by atoms with Gasteiger partial charge in [-0.1, -0.05) is 211 Å². The number of hydrogen-bond acceptors (Lipinski definition) is 0. The maximum atomic E-state index is 2.55. The van der Waals surface area contributed by atoms with E-state index in [-0.39, 0.29) is 10.8 Å². The van der Waals surface area contributed by atoms with Crippen LogP contribution in [0.3, 0.4) is 0 Å². The molecule has 0 aliphatic heterocycles. The molecule has 0 amide bonds. The zero-order valence-corrected chi connectivity index (χ0v) is 33.8. The van der Waals surface area contributed by atoms with Gasteiger partial charge in [-0.15, -0.1) is 0 Å². The Morgan fingerprint density at radius 2 is 0.526 bits per heavy atom. The molecule has 57 heavy (non-hydrogen) atoms. The zero-order valence-electron chi connectivity index (χ0n) is 33.8. The van der Waals surface area contributed by atoms with Gasteiger partial charge < -0.3 is 0 Å². The summed E-state index contributed by atoms with van der Waals surface area (Å²) in [5.74, 6) is 0. The molecule has 0 atom stereocenters. The molecule has 0 heteroatoms. The molecule has 0 N–H and O–H groups in total. The predicted octanol–water partition coefficient (Wildman–Crippen LogP) is 15.3. The summed E-state index contributed by atoms with van der Waals surface area (Å²) in [6, 6.07) is 68.8. The Morgan fingerprint density at radius 1 is 0.263 bits per heavy atom. The lowest BCUT2D eigenvalue weighted by Crippen LogP contribution is -2.27. The van der Waals surface area contributed by atoms with Gasteiger partial charge in [-0.25, -0.2) is 0 Å². The summed E-state index contributed by atoms with van der Waals surface area (Å²) in [5, 5.41) is 0. The number of fused-ring (bicyclic) bond motifs is 10. The molecule has 0 saturated heterocycles. The van der Waals surface area contributed by atoms with Gasteiger partial charge in [-0.3, -0.25) is 0 Å². The lowest BCUT2D eigenvalue weighted by molar-refractivity contribution is 0.586. The van der Waals surface area contributed by atoms with Gasteiger partial charge in [0.15, 0.2) is 0 Å². The summed E-state index contributed by atoms with van der Waals surface area (Å²) in [7, 11) is 0. The third-order valence-corrected chi connectivity index (χ3v) is 12.7. The third-order valence-electron chi connectivity index (χ3n) is 12.7. The van der Waals surface area contributed by atoms with Gasteiger partial charge in [0.05, 0.1) is 5.41 Å². The van der Waals surface area contributed by atoms with Crippen LogP contribution in [-0.2, 0) is 16.2 Å². The topological polar surface area (TPSA) is 0 Å². The van der Waals surface area contributed by atoms with Crippen LogP contribution in [0, 0.1) is 0 Å². The number of hydrogen-bond donors (Lipinski definition) is 0. The maximum absolute atomic E-state index is 2.55. The van der Waals surface area contributed by atoms with Crippen molar-refractivity contribution in [3.05, 3.63) is 215 Å². The van der Waals surface area contributed by atoms with E-state index in [1.807, 2.05) is 0 Å². The SMILES string of the molecule is CC(C)(C)c1ccc2c(c1)C1(c3cc(-c4ccc(-c5ccccc5)cc4)ccc3-c3ccc(-c4ccc(-c5ccccc5)cc4)cc31)c1cc(C(C)(C)C)ccc1-2. The Morgan fingerprint density at radius 3 is 0.860 bits per heavy atom. The third kappa shape index (κ3) is 5.65. The molecule has 10 rings (SSSR count). The van der Waals surface area contributed by atoms with Crippen molar-refractivity contribution >= 4 is 0 Å². The van der Waals surface area contributed by atoms with Crippen LogP contribution in [0.15, 0.2) is 182 Å². The average Bonchev–Trinajstić information content (AvgIpc) is 3.69. The Hall–Kier alpha value is -6.24. The first kappa shape index (κ1) is 35.2. The molecule has 8 aromatic rings. The highest BCUT2D eigenvalue weighted by Crippen LogP contribution is 2.64. The van der Waals surface area contributed by atoms with E-state index < -0.39 is 5.41 Å². The van der Waals surface area contributed by atoms with E-state index in [0.29, 0.717) is 0 Å². The van der Waals surface area contributed by atoms with Crippen molar-refractivity contribution in [3.8, 4) is 66.8 Å². The second-order valence-corrected chi connectivity index (χ2v) is 18.2. The molecule has 276 valence electrons. The predicted molar refractivity (Wildman–Crippen MR) is 242 cm³/mol. The fraction of sp³-hybridized carbons (Fsp3) is 0.158. The van der Waals surface area contributed by atoms with Crippen molar-refractivity contribution in [1.82, 2.24) is 0 Å². The van der Waals surface area contributed by atoms with Gasteiger partial charge in [0.1, 0.15) is 0 Å². The molecule has 0 fully saturated rings. The molecular weight excluding hydrogens is 685 g/mol. The highest BCUT2D eigenvalue weighted by Gasteiger charge is 2.52. The molecule has 2 aliphatic rings. The van der Waals surface area contributed by atoms with Crippen molar-refractivity contribution in [2.45, 2.75) is 57.8 Å². The molecule has 0 radical (unpaired) electrons. The Kier molecular flexibility index (Phi) is 7.97. The maximum Gasteiger partial charge on any atom is 0.0726 e. The van der Waals surface area contributed by atoms with E-state index in [9.17, 15) is 0 Å². The van der Waals surface area contributed by atoms with Crippen molar-refractivity contribution in [2.75, 3.05) is 0 Å². The molecule has 0 saturated carbocycles. The van der Waals surface area contributed by atoms with Crippen molar-refractivity contribution < 1.29 is 0 Å². The quantitative estimate of drug-likeness (QED) is 0.169. The van der Waals surface area contributed by atoms with Crippen LogP contribution in [0.2, 0.25) is 0 Å². The van der Waals surface area contributed by atoms with Crippen LogP contribution in [0.25, 0.3) is 66.8 Å². The van der Waals surface area contributed by atoms with Crippen LogP contribution < -0.4 is 0 Å². The largest absolute Gasteiger partial charge is 0.0726 e. The second-order valence-electron chi connectivity index (χ2n) is 18.2. The van der Waals surface area contributed by atoms with E-state index in [1.54, 1.807) is 0 Å². The van der Waals surface area contributed by atoms with Crippen LogP contribution >= 0.6 is 0 Å². The first-order valence-electron chi connectivity index (χ1n) is 20.4. The highest BCUT2D eigenvalue weighted by molar-refractivity contribution is 5.97. The van der Waals surface area contributed by atoms with Gasteiger partial charge in [0.2, 0.25) is 0 Å². The molecule has 0 aromatic heterocycles. The van der Waals surface area contributed by atoms with E-state index in [1.165, 1.54) is 100 Å². The second kappa shape index (κ2) is 12.9. The summed E-state index contributed by atoms with van der Waals surface area (Å²) >= 11 is 0. The van der Waals surface area contributed by atoms with Crippen LogP contribution in [0.1, 0.15) is 74.9 Å². The van der Waals surface area contributed by atoms with E-state index in [4.69, 9.17) is 0 Å². The Bertz CT molecular complexity index is 2610. The number of rotatable bonds is 4. The normalized spacial score (nSPS) is 13.6. The molecule has 1 spiro atoms. The highest BCUT2D eigenvalue weighted by atomic mass is 14.5. The van der Waals surface area contributed by atoms with Crippen LogP contribution in [-0.4, -0.2) is 0 Å². The van der Waals surface area contributed by atoms with Gasteiger partial charge in [-0.05, 0) is 123 Å². The molecule has 0 bridgehead atoms. The van der Waals surface area contributed by atoms with Crippen molar-refractivity contribution in [1.29, 1.82) is 0 Å². The summed E-state index contributed by atoms with van der Waals surface area (Å²) < 4.78 is 0. The zero-order chi connectivity index (χ0) is 39.1. The molecule has 0 heterocycles. The Balaban J connectivity index is 1.23. The summed E-state index contributed by atoms with van der Waals surface area (Å²) in [6.07, 6.45) is 0. The fourth-order valence-corrected chi connectivity index (χ4v) is 9.49. The van der Waals surface area contributed by atoms with Gasteiger partial charge in [-0.2, -0.15) is 0 Å². The molecule has 0 nitrogen and oxygen atoms in total. The van der Waals surface area contributed by atoms with Gasteiger partial charge >= 0.3 is 0 Å². The van der Waals surface area contributed by atoms with Gasteiger partial charge in [0.25, 0.3) is 0 Å². The van der Waals surface area contributed by atoms with Crippen molar-refractivity contribution in [3.63, 3.8) is 0 Å². The molecular formula is C57H48. The lowest BCUT2D eigenvalue weighted by Gasteiger charge is -2.33. The summed E-state index contributed by atoms with van der Waals surface area (Å²) in [5.41, 5.74) is 23.0. The monoisotopic (exact) mass is 732 g/mol. The first-order valence-corrected chi connectivity index (χ1v) is 20.4. The van der Waals surface area contributed by atoms with E-state index >= 15 is 0 Å². The summed E-state index contributed by atoms with van der Waals surface area (Å²) in [4.78, 5) is 0. The van der Waals surface area contributed by atoms with Crippen LogP contribution in [0.4, 0.5) is 0 Å². The standard InChI is InChI=1S/C57H48/c1-55(2,3)45-27-31-49-50-32-28-46(56(4,5)6)36-54(50)57(53(49)35-45)51-33-43(41-21-17-39(18-22-41)37-13-9-7-10-14-37)25-29-47(51)48-30-26-44(34-52(48)57)42-23-19-40(20-24-42)38-15-11-8-12-16-38/h7-36H,1-6H3. The molecule has 8 aromatic carbocycles. The van der Waals surface area contributed by atoms with Gasteiger partial charge in [0, 0.05) is 0 Å².